The highest BCUT2D eigenvalue weighted by atomic mass is 14.9. The second-order valence-corrected chi connectivity index (χ2v) is 6.88. The van der Waals surface area contributed by atoms with Crippen LogP contribution in [-0.2, 0) is 0 Å². The van der Waals surface area contributed by atoms with Gasteiger partial charge in [-0.2, -0.15) is 0 Å². The Hall–Kier alpha value is -1.09. The minimum absolute atomic E-state index is 0.358. The monoisotopic (exact) mass is 289 g/mol. The van der Waals surface area contributed by atoms with Gasteiger partial charge in [-0.1, -0.05) is 20.8 Å². The van der Waals surface area contributed by atoms with Crippen LogP contribution in [0.2, 0.25) is 0 Å². The molecule has 0 radical (unpaired) electrons. The lowest BCUT2D eigenvalue weighted by atomic mass is 9.73. The summed E-state index contributed by atoms with van der Waals surface area (Å²) >= 11 is 0. The van der Waals surface area contributed by atoms with Gasteiger partial charge in [0.2, 0.25) is 0 Å². The van der Waals surface area contributed by atoms with E-state index < -0.39 is 0 Å². The number of nitrogens with two attached hydrogens (primary N) is 1. The van der Waals surface area contributed by atoms with Crippen molar-refractivity contribution in [3.05, 3.63) is 23.4 Å². The summed E-state index contributed by atoms with van der Waals surface area (Å²) < 4.78 is 0. The Balaban J connectivity index is 2.17. The maximum Gasteiger partial charge on any atom is 0.128 e. The Labute approximate surface area is 129 Å². The van der Waals surface area contributed by atoms with E-state index in [1.165, 1.54) is 36.8 Å². The number of nitrogens with one attached hydrogen (secondary N) is 1. The van der Waals surface area contributed by atoms with Crippen molar-refractivity contribution in [2.45, 2.75) is 59.4 Å². The van der Waals surface area contributed by atoms with Crippen LogP contribution in [-0.4, -0.2) is 11.5 Å². The Kier molecular flexibility index (Phi) is 5.63. The zero-order valence-electron chi connectivity index (χ0n) is 14.0. The molecule has 0 aromatic carbocycles. The third-order valence-electron chi connectivity index (χ3n) is 5.20. The summed E-state index contributed by atoms with van der Waals surface area (Å²) in [6, 6.07) is 2.44. The highest BCUT2D eigenvalue weighted by molar-refractivity contribution is 5.46. The van der Waals surface area contributed by atoms with Crippen molar-refractivity contribution in [1.29, 1.82) is 0 Å². The maximum absolute atomic E-state index is 6.18. The van der Waals surface area contributed by atoms with Crippen molar-refractivity contribution in [2.75, 3.05) is 12.3 Å². The van der Waals surface area contributed by atoms with Crippen molar-refractivity contribution in [3.63, 3.8) is 0 Å². The molecule has 0 bridgehead atoms. The third-order valence-corrected chi connectivity index (χ3v) is 5.20. The molecule has 0 saturated heterocycles. The van der Waals surface area contributed by atoms with Crippen molar-refractivity contribution in [2.24, 2.45) is 17.8 Å². The van der Waals surface area contributed by atoms with Crippen LogP contribution in [0.5, 0.6) is 0 Å². The molecule has 1 aliphatic rings. The lowest BCUT2D eigenvalue weighted by Gasteiger charge is -2.36. The minimum atomic E-state index is 0.358. The Morgan fingerprint density at radius 3 is 2.38 bits per heavy atom. The molecule has 0 spiro atoms. The number of nitrogens with zero attached hydrogens (tertiary/aromatic N) is 1. The molecular formula is C18H31N3. The van der Waals surface area contributed by atoms with E-state index in [0.29, 0.717) is 17.8 Å². The van der Waals surface area contributed by atoms with E-state index in [4.69, 9.17) is 5.73 Å². The van der Waals surface area contributed by atoms with Crippen molar-refractivity contribution >= 4 is 5.82 Å². The van der Waals surface area contributed by atoms with Crippen LogP contribution < -0.4 is 11.1 Å². The summed E-state index contributed by atoms with van der Waals surface area (Å²) in [5.41, 5.74) is 8.68. The van der Waals surface area contributed by atoms with Gasteiger partial charge in [0.05, 0.1) is 0 Å². The number of nitrogen functional groups attached to an aromatic ring is 1. The molecule has 0 aliphatic heterocycles. The fourth-order valence-corrected chi connectivity index (χ4v) is 3.86. The Bertz CT molecular complexity index is 428. The molecule has 2 rings (SSSR count). The molecule has 1 aromatic heterocycles. The maximum atomic E-state index is 6.18. The number of aromatic nitrogens is 1. The van der Waals surface area contributed by atoms with Crippen LogP contribution in [0.4, 0.5) is 5.82 Å². The second-order valence-electron chi connectivity index (χ2n) is 6.88. The van der Waals surface area contributed by atoms with Crippen molar-refractivity contribution < 1.29 is 0 Å². The molecule has 1 aliphatic carbocycles. The average molecular weight is 289 g/mol. The first-order valence-electron chi connectivity index (χ1n) is 8.48. The third kappa shape index (κ3) is 3.76. The molecule has 1 unspecified atom stereocenters. The molecule has 3 heteroatoms. The molecular weight excluding hydrogens is 258 g/mol. The Morgan fingerprint density at radius 1 is 1.24 bits per heavy atom. The number of pyridine rings is 1. The van der Waals surface area contributed by atoms with E-state index in [2.05, 4.69) is 44.1 Å². The summed E-state index contributed by atoms with van der Waals surface area (Å²) in [6.45, 7) is 10.0. The summed E-state index contributed by atoms with van der Waals surface area (Å²) in [6.07, 6.45) is 7.11. The summed E-state index contributed by atoms with van der Waals surface area (Å²) in [4.78, 5) is 4.32. The Morgan fingerprint density at radius 2 is 1.86 bits per heavy atom. The number of hydrogen-bond donors (Lipinski definition) is 2. The largest absolute Gasteiger partial charge is 0.383 e. The highest BCUT2D eigenvalue weighted by Gasteiger charge is 2.31. The standard InChI is InChI=1S/C18H31N3/c1-5-20-17(16-13(4)10-11-21-18(16)19)15-8-6-14(7-9-15)12(2)3/h10-12,14-15,17,20H,5-9H2,1-4H3,(H2,19,21). The van der Waals surface area contributed by atoms with E-state index in [1.54, 1.807) is 0 Å². The van der Waals surface area contributed by atoms with Gasteiger partial charge in [0.1, 0.15) is 5.82 Å². The van der Waals surface area contributed by atoms with Gasteiger partial charge in [0.25, 0.3) is 0 Å². The summed E-state index contributed by atoms with van der Waals surface area (Å²) in [5.74, 6) is 3.10. The molecule has 118 valence electrons. The van der Waals surface area contributed by atoms with E-state index in [-0.39, 0.29) is 0 Å². The van der Waals surface area contributed by atoms with Gasteiger partial charge in [-0.25, -0.2) is 4.98 Å². The van der Waals surface area contributed by atoms with Crippen LogP contribution in [0.1, 0.15) is 63.6 Å². The molecule has 3 nitrogen and oxygen atoms in total. The normalized spacial score (nSPS) is 24.2. The predicted octanol–water partition coefficient (Wildman–Crippen LogP) is 4.09. The smallest absolute Gasteiger partial charge is 0.128 e. The molecule has 1 heterocycles. The van der Waals surface area contributed by atoms with Crippen LogP contribution in [0, 0.1) is 24.7 Å². The van der Waals surface area contributed by atoms with E-state index >= 15 is 0 Å². The highest BCUT2D eigenvalue weighted by Crippen LogP contribution is 2.41. The molecule has 1 fully saturated rings. The van der Waals surface area contributed by atoms with Gasteiger partial charge in [-0.15, -0.1) is 0 Å². The van der Waals surface area contributed by atoms with Crippen LogP contribution in [0.25, 0.3) is 0 Å². The fraction of sp³-hybridized carbons (Fsp3) is 0.722. The van der Waals surface area contributed by atoms with Crippen LogP contribution >= 0.6 is 0 Å². The summed E-state index contributed by atoms with van der Waals surface area (Å²) in [7, 11) is 0. The van der Waals surface area contributed by atoms with Crippen molar-refractivity contribution in [1.82, 2.24) is 10.3 Å². The number of rotatable bonds is 5. The lowest BCUT2D eigenvalue weighted by molar-refractivity contribution is 0.190. The van der Waals surface area contributed by atoms with E-state index in [0.717, 1.165) is 18.4 Å². The summed E-state index contributed by atoms with van der Waals surface area (Å²) in [5, 5.41) is 3.67. The predicted molar refractivity (Wildman–Crippen MR) is 90.1 cm³/mol. The van der Waals surface area contributed by atoms with E-state index in [1.807, 2.05) is 6.20 Å². The first-order chi connectivity index (χ1) is 10.0. The molecule has 21 heavy (non-hydrogen) atoms. The zero-order chi connectivity index (χ0) is 15.4. The average Bonchev–Trinajstić information content (AvgIpc) is 2.46. The van der Waals surface area contributed by atoms with Gasteiger partial charge in [0.15, 0.2) is 0 Å². The number of hydrogen-bond acceptors (Lipinski definition) is 3. The fourth-order valence-electron chi connectivity index (χ4n) is 3.86. The number of anilines is 1. The van der Waals surface area contributed by atoms with Gasteiger partial charge < -0.3 is 11.1 Å². The van der Waals surface area contributed by atoms with E-state index in [9.17, 15) is 0 Å². The molecule has 3 N–H and O–H groups in total. The lowest BCUT2D eigenvalue weighted by Crippen LogP contribution is -2.33. The molecule has 1 saturated carbocycles. The first-order valence-corrected chi connectivity index (χ1v) is 8.48. The number of aryl methyl sites for hydroxylation is 1. The SMILES string of the molecule is CCNC(c1c(C)ccnc1N)C1CCC(C(C)C)CC1. The second kappa shape index (κ2) is 7.26. The first kappa shape index (κ1) is 16.3. The minimum Gasteiger partial charge on any atom is -0.383 e. The van der Waals surface area contributed by atoms with Gasteiger partial charge in [-0.05, 0) is 68.5 Å². The van der Waals surface area contributed by atoms with Gasteiger partial charge >= 0.3 is 0 Å². The van der Waals surface area contributed by atoms with Gasteiger partial charge in [0, 0.05) is 17.8 Å². The topological polar surface area (TPSA) is 50.9 Å². The zero-order valence-corrected chi connectivity index (χ0v) is 14.0. The van der Waals surface area contributed by atoms with Crippen LogP contribution in [0.15, 0.2) is 12.3 Å². The molecule has 0 amide bonds. The van der Waals surface area contributed by atoms with Crippen molar-refractivity contribution in [3.8, 4) is 0 Å². The molecule has 1 aromatic rings. The van der Waals surface area contributed by atoms with Gasteiger partial charge in [-0.3, -0.25) is 0 Å². The van der Waals surface area contributed by atoms with Crippen LogP contribution in [0.3, 0.4) is 0 Å². The quantitative estimate of drug-likeness (QED) is 0.858. The molecule has 1 atom stereocenters.